The predicted octanol–water partition coefficient (Wildman–Crippen LogP) is 5.57. The molecule has 1 aromatic heterocycles. The molecular weight excluding hydrogens is 444 g/mol. The molecule has 0 amide bonds. The Morgan fingerprint density at radius 2 is 1.94 bits per heavy atom. The van der Waals surface area contributed by atoms with Crippen molar-refractivity contribution >= 4 is 37.6 Å². The minimum atomic E-state index is -1.64. The maximum atomic E-state index is 12.4. The van der Waals surface area contributed by atoms with E-state index in [9.17, 15) is 4.79 Å². The third kappa shape index (κ3) is 7.28. The Bertz CT molecular complexity index is 886. The topological polar surface area (TPSA) is 85.4 Å². The quantitative estimate of drug-likeness (QED) is 0.246. The second-order valence-corrected chi connectivity index (χ2v) is 15.5. The minimum absolute atomic E-state index is 0.148. The molecule has 1 fully saturated rings. The van der Waals surface area contributed by atoms with E-state index >= 15 is 0 Å². The molecule has 0 spiro atoms. The molecule has 178 valence electrons. The number of halogens is 1. The summed E-state index contributed by atoms with van der Waals surface area (Å²) >= 11 is 6.48. The van der Waals surface area contributed by atoms with Crippen molar-refractivity contribution in [3.05, 3.63) is 10.7 Å². The number of nitrogens with one attached hydrogen (secondary N) is 2. The van der Waals surface area contributed by atoms with Crippen LogP contribution in [0.15, 0.2) is 0 Å². The third-order valence-electron chi connectivity index (χ3n) is 5.33. The first-order valence-corrected chi connectivity index (χ1v) is 15.1. The van der Waals surface area contributed by atoms with Crippen molar-refractivity contribution in [2.24, 2.45) is 11.8 Å². The maximum absolute atomic E-state index is 12.4. The molecule has 9 heteroatoms. The van der Waals surface area contributed by atoms with Gasteiger partial charge in [-0.3, -0.25) is 0 Å². The van der Waals surface area contributed by atoms with Crippen LogP contribution in [0.25, 0.3) is 0 Å². The van der Waals surface area contributed by atoms with Crippen molar-refractivity contribution in [2.75, 3.05) is 17.7 Å². The van der Waals surface area contributed by atoms with Crippen LogP contribution in [-0.4, -0.2) is 49.0 Å². The molecule has 1 saturated carbocycles. The third-order valence-corrected chi connectivity index (χ3v) is 6.48. The van der Waals surface area contributed by atoms with Gasteiger partial charge < -0.3 is 20.1 Å². The maximum Gasteiger partial charge on any atom is 0.509 e. The van der Waals surface area contributed by atoms with Crippen LogP contribution >= 0.6 is 11.6 Å². The zero-order valence-corrected chi connectivity index (χ0v) is 22.5. The summed E-state index contributed by atoms with van der Waals surface area (Å²) in [6.07, 6.45) is 0.803. The molecule has 0 aliphatic heterocycles. The molecule has 1 aromatic rings. The number of ether oxygens (including phenoxy) is 2. The van der Waals surface area contributed by atoms with Crippen molar-refractivity contribution in [3.63, 3.8) is 0 Å². The highest BCUT2D eigenvalue weighted by atomic mass is 35.5. The van der Waals surface area contributed by atoms with Gasteiger partial charge in [0.2, 0.25) is 5.95 Å². The SMILES string of the molecule is CC[C@H]1C[C@@H](Nc2nc(NC)nc(Cl)c2C#C[Si](C)(C)C)[C@H](OC(=O)OC(C)(C)C)[C@@H]1C. The molecule has 2 N–H and O–H groups in total. The first-order chi connectivity index (χ1) is 14.7. The summed E-state index contributed by atoms with van der Waals surface area (Å²) in [6, 6.07) is -0.148. The number of anilines is 2. The highest BCUT2D eigenvalue weighted by molar-refractivity contribution is 6.83. The van der Waals surface area contributed by atoms with Gasteiger partial charge in [0.05, 0.1) is 6.04 Å². The van der Waals surface area contributed by atoms with E-state index < -0.39 is 19.8 Å². The van der Waals surface area contributed by atoms with Crippen molar-refractivity contribution in [2.45, 2.75) is 84.8 Å². The lowest BCUT2D eigenvalue weighted by Crippen LogP contribution is -2.38. The van der Waals surface area contributed by atoms with Crippen LogP contribution in [-0.2, 0) is 9.47 Å². The molecule has 2 rings (SSSR count). The van der Waals surface area contributed by atoms with Crippen molar-refractivity contribution in [1.82, 2.24) is 9.97 Å². The molecule has 0 aromatic carbocycles. The van der Waals surface area contributed by atoms with Crippen molar-refractivity contribution < 1.29 is 14.3 Å². The summed E-state index contributed by atoms with van der Waals surface area (Å²) in [5.74, 6) is 4.72. The fraction of sp³-hybridized carbons (Fsp3) is 0.696. The standard InChI is InChI=1S/C23H37ClN4O3Si/c1-10-15-13-17(18(14(15)2)30-22(29)31-23(3,4)5)26-20-16(11-12-32(7,8)9)19(24)27-21(25-6)28-20/h14-15,17-18H,10,13H2,1-9H3,(H2,25,26,27,28)/t14-,15+,17-,18-/m1/s1. The monoisotopic (exact) mass is 480 g/mol. The summed E-state index contributed by atoms with van der Waals surface area (Å²) in [6.45, 7) is 16.2. The van der Waals surface area contributed by atoms with Gasteiger partial charge in [-0.15, -0.1) is 5.54 Å². The molecule has 1 aliphatic rings. The van der Waals surface area contributed by atoms with Crippen LogP contribution < -0.4 is 10.6 Å². The smallest absolute Gasteiger partial charge is 0.429 e. The first kappa shape index (κ1) is 26.3. The lowest BCUT2D eigenvalue weighted by Gasteiger charge is -2.27. The Morgan fingerprint density at radius 1 is 1.28 bits per heavy atom. The Balaban J connectivity index is 2.39. The van der Waals surface area contributed by atoms with Crippen LogP contribution in [0.5, 0.6) is 0 Å². The van der Waals surface area contributed by atoms with Gasteiger partial charge in [-0.1, -0.05) is 57.4 Å². The molecule has 7 nitrogen and oxygen atoms in total. The number of hydrogen-bond acceptors (Lipinski definition) is 7. The number of carbonyl (C=O) groups is 1. The molecule has 1 aliphatic carbocycles. The van der Waals surface area contributed by atoms with E-state index in [2.05, 4.69) is 65.6 Å². The molecule has 1 heterocycles. The normalized spacial score (nSPS) is 23.2. The molecule has 0 unspecified atom stereocenters. The summed E-state index contributed by atoms with van der Waals surface area (Å²) < 4.78 is 11.2. The van der Waals surface area contributed by atoms with Crippen LogP contribution in [0.2, 0.25) is 24.8 Å². The lowest BCUT2D eigenvalue weighted by molar-refractivity contribution is -0.0366. The fourth-order valence-electron chi connectivity index (χ4n) is 3.75. The Morgan fingerprint density at radius 3 is 2.47 bits per heavy atom. The molecule has 32 heavy (non-hydrogen) atoms. The number of rotatable bonds is 5. The average molecular weight is 481 g/mol. The Kier molecular flexibility index (Phi) is 8.46. The van der Waals surface area contributed by atoms with Crippen molar-refractivity contribution in [1.29, 1.82) is 0 Å². The van der Waals surface area contributed by atoms with E-state index in [1.54, 1.807) is 7.05 Å². The minimum Gasteiger partial charge on any atom is -0.429 e. The lowest BCUT2D eigenvalue weighted by atomic mass is 9.95. The van der Waals surface area contributed by atoms with Crippen LogP contribution in [0.1, 0.15) is 53.0 Å². The van der Waals surface area contributed by atoms with E-state index in [0.717, 1.165) is 12.8 Å². The van der Waals surface area contributed by atoms with Crippen LogP contribution in [0.4, 0.5) is 16.6 Å². The molecule has 0 bridgehead atoms. The van der Waals surface area contributed by atoms with Gasteiger partial charge in [0.25, 0.3) is 0 Å². The number of hydrogen-bond donors (Lipinski definition) is 2. The largest absolute Gasteiger partial charge is 0.509 e. The zero-order valence-electron chi connectivity index (χ0n) is 20.7. The van der Waals surface area contributed by atoms with E-state index in [0.29, 0.717) is 28.4 Å². The van der Waals surface area contributed by atoms with Crippen LogP contribution in [0, 0.1) is 23.3 Å². The zero-order chi connectivity index (χ0) is 24.3. The summed E-state index contributed by atoms with van der Waals surface area (Å²) in [7, 11) is 0.0956. The average Bonchev–Trinajstić information content (AvgIpc) is 2.93. The summed E-state index contributed by atoms with van der Waals surface area (Å²) in [5, 5.41) is 6.71. The van der Waals surface area contributed by atoms with Gasteiger partial charge in [0, 0.05) is 7.05 Å². The van der Waals surface area contributed by atoms with Gasteiger partial charge in [-0.05, 0) is 39.0 Å². The summed E-state index contributed by atoms with van der Waals surface area (Å²) in [4.78, 5) is 21.3. The second-order valence-electron chi connectivity index (χ2n) is 10.4. The van der Waals surface area contributed by atoms with Gasteiger partial charge in [0.1, 0.15) is 31.2 Å². The highest BCUT2D eigenvalue weighted by Gasteiger charge is 2.43. The van der Waals surface area contributed by atoms with Gasteiger partial charge in [0.15, 0.2) is 5.15 Å². The molecular formula is C23H37ClN4O3Si. The van der Waals surface area contributed by atoms with Gasteiger partial charge in [-0.25, -0.2) is 4.79 Å². The highest BCUT2D eigenvalue weighted by Crippen LogP contribution is 2.38. The van der Waals surface area contributed by atoms with Gasteiger partial charge >= 0.3 is 6.16 Å². The van der Waals surface area contributed by atoms with E-state index in [4.69, 9.17) is 21.1 Å². The van der Waals surface area contributed by atoms with E-state index in [1.807, 2.05) is 20.8 Å². The molecule has 0 saturated heterocycles. The van der Waals surface area contributed by atoms with E-state index in [1.165, 1.54) is 0 Å². The predicted molar refractivity (Wildman–Crippen MR) is 133 cm³/mol. The van der Waals surface area contributed by atoms with Gasteiger partial charge in [-0.2, -0.15) is 9.97 Å². The first-order valence-electron chi connectivity index (χ1n) is 11.2. The fourth-order valence-corrected chi connectivity index (χ4v) is 4.47. The van der Waals surface area contributed by atoms with Crippen molar-refractivity contribution in [3.8, 4) is 11.5 Å². The number of carbonyl (C=O) groups excluding carboxylic acids is 1. The number of aromatic nitrogens is 2. The second kappa shape index (κ2) is 10.3. The van der Waals surface area contributed by atoms with E-state index in [-0.39, 0.29) is 18.1 Å². The number of nitrogens with zero attached hydrogens (tertiary/aromatic N) is 2. The van der Waals surface area contributed by atoms with Crippen LogP contribution in [0.3, 0.4) is 0 Å². The molecule has 0 radical (unpaired) electrons. The Hall–Kier alpha value is -1.98. The summed E-state index contributed by atoms with van der Waals surface area (Å²) in [5.41, 5.74) is 3.29. The molecule has 4 atom stereocenters. The Labute approximate surface area is 198 Å².